The lowest BCUT2D eigenvalue weighted by molar-refractivity contribution is -0.113. The van der Waals surface area contributed by atoms with E-state index in [1.807, 2.05) is 39.0 Å². The van der Waals surface area contributed by atoms with Gasteiger partial charge in [-0.05, 0) is 37.1 Å². The molecule has 1 unspecified atom stereocenters. The van der Waals surface area contributed by atoms with Crippen molar-refractivity contribution < 1.29 is 19.1 Å². The zero-order chi connectivity index (χ0) is 25.5. The number of thioether (sulfide) groups is 1. The Hall–Kier alpha value is -3.66. The highest BCUT2D eigenvalue weighted by Crippen LogP contribution is 2.25. The second kappa shape index (κ2) is 11.7. The van der Waals surface area contributed by atoms with E-state index in [1.54, 1.807) is 41.9 Å². The van der Waals surface area contributed by atoms with Gasteiger partial charge >= 0.3 is 5.97 Å². The predicted octanol–water partition coefficient (Wildman–Crippen LogP) is 3.77. The van der Waals surface area contributed by atoms with Gasteiger partial charge in [0.05, 0.1) is 30.2 Å². The number of anilines is 1. The van der Waals surface area contributed by atoms with E-state index in [2.05, 4.69) is 20.8 Å². The van der Waals surface area contributed by atoms with Crippen LogP contribution in [0, 0.1) is 12.8 Å². The summed E-state index contributed by atoms with van der Waals surface area (Å²) in [6.07, 6.45) is 0. The van der Waals surface area contributed by atoms with Gasteiger partial charge in [-0.15, -0.1) is 10.2 Å². The zero-order valence-corrected chi connectivity index (χ0v) is 21.2. The number of hydrogen-bond donors (Lipinski definition) is 2. The van der Waals surface area contributed by atoms with E-state index in [4.69, 9.17) is 4.74 Å². The number of carbonyl (C=O) groups is 3. The van der Waals surface area contributed by atoms with Crippen molar-refractivity contribution in [3.63, 3.8) is 0 Å². The van der Waals surface area contributed by atoms with Crippen LogP contribution in [0.1, 0.15) is 52.0 Å². The average Bonchev–Trinajstić information content (AvgIpc) is 3.20. The Morgan fingerprint density at radius 1 is 1.09 bits per heavy atom. The summed E-state index contributed by atoms with van der Waals surface area (Å²) in [4.78, 5) is 37.3. The SMILES string of the molecule is COC(=O)c1ccccc1NC(=O)CSc1nnc(C(NC(=O)c2cccc(C)c2)C(C)C)n1C. The fourth-order valence-corrected chi connectivity index (χ4v) is 4.18. The van der Waals surface area contributed by atoms with Crippen LogP contribution in [-0.2, 0) is 16.6 Å². The molecule has 0 aliphatic heterocycles. The number of esters is 1. The second-order valence-electron chi connectivity index (χ2n) is 8.34. The van der Waals surface area contributed by atoms with E-state index in [-0.39, 0.29) is 35.1 Å². The summed E-state index contributed by atoms with van der Waals surface area (Å²) in [5, 5.41) is 14.8. The molecule has 0 saturated heterocycles. The smallest absolute Gasteiger partial charge is 0.339 e. The topological polar surface area (TPSA) is 115 Å². The first-order valence-electron chi connectivity index (χ1n) is 11.1. The molecule has 1 atom stereocenters. The number of nitrogens with one attached hydrogen (secondary N) is 2. The van der Waals surface area contributed by atoms with Crippen molar-refractivity contribution in [2.75, 3.05) is 18.2 Å². The summed E-state index contributed by atoms with van der Waals surface area (Å²) in [5.41, 5.74) is 2.24. The van der Waals surface area contributed by atoms with Crippen molar-refractivity contribution in [1.29, 1.82) is 0 Å². The van der Waals surface area contributed by atoms with E-state index in [0.717, 1.165) is 5.56 Å². The molecule has 2 N–H and O–H groups in total. The van der Waals surface area contributed by atoms with E-state index >= 15 is 0 Å². The van der Waals surface area contributed by atoms with Gasteiger partial charge in [0.2, 0.25) is 5.91 Å². The number of rotatable bonds is 9. The molecule has 0 fully saturated rings. The quantitative estimate of drug-likeness (QED) is 0.343. The largest absolute Gasteiger partial charge is 0.465 e. The maximum Gasteiger partial charge on any atom is 0.339 e. The third kappa shape index (κ3) is 6.48. The Bertz CT molecular complexity index is 1220. The molecule has 0 bridgehead atoms. The third-order valence-electron chi connectivity index (χ3n) is 5.32. The predicted molar refractivity (Wildman–Crippen MR) is 134 cm³/mol. The standard InChI is InChI=1S/C25H29N5O4S/c1-15(2)21(27-23(32)17-10-8-9-16(3)13-17)22-28-29-25(30(22)4)35-14-20(31)26-19-12-7-6-11-18(19)24(33)34-5/h6-13,15,21H,14H2,1-5H3,(H,26,31)(H,27,32). The Morgan fingerprint density at radius 3 is 2.51 bits per heavy atom. The molecule has 3 aromatic rings. The number of amides is 2. The number of hydrogen-bond acceptors (Lipinski definition) is 7. The molecular weight excluding hydrogens is 466 g/mol. The first-order valence-corrected chi connectivity index (χ1v) is 12.1. The van der Waals surface area contributed by atoms with Gasteiger partial charge in [-0.2, -0.15) is 0 Å². The molecule has 0 radical (unpaired) electrons. The molecule has 0 aliphatic carbocycles. The Morgan fingerprint density at radius 2 is 1.83 bits per heavy atom. The minimum Gasteiger partial charge on any atom is -0.465 e. The summed E-state index contributed by atoms with van der Waals surface area (Å²) in [7, 11) is 3.09. The molecule has 35 heavy (non-hydrogen) atoms. The van der Waals surface area contributed by atoms with Crippen molar-refractivity contribution in [2.45, 2.75) is 32.0 Å². The molecule has 0 saturated carbocycles. The molecule has 2 aromatic carbocycles. The molecule has 3 rings (SSSR count). The molecule has 10 heteroatoms. The second-order valence-corrected chi connectivity index (χ2v) is 9.28. The lowest BCUT2D eigenvalue weighted by Gasteiger charge is -2.21. The van der Waals surface area contributed by atoms with Crippen LogP contribution in [0.5, 0.6) is 0 Å². The molecule has 1 aromatic heterocycles. The highest BCUT2D eigenvalue weighted by atomic mass is 32.2. The van der Waals surface area contributed by atoms with E-state index in [0.29, 0.717) is 22.2 Å². The summed E-state index contributed by atoms with van der Waals surface area (Å²) in [6, 6.07) is 13.7. The first kappa shape index (κ1) is 26.0. The maximum atomic E-state index is 12.8. The molecule has 1 heterocycles. The van der Waals surface area contributed by atoms with Gasteiger partial charge in [-0.3, -0.25) is 9.59 Å². The number of methoxy groups -OCH3 is 1. The summed E-state index contributed by atoms with van der Waals surface area (Å²) < 4.78 is 6.54. The summed E-state index contributed by atoms with van der Waals surface area (Å²) >= 11 is 1.21. The Labute approximate surface area is 208 Å². The van der Waals surface area contributed by atoms with Gasteiger partial charge in [0.15, 0.2) is 11.0 Å². The highest BCUT2D eigenvalue weighted by Gasteiger charge is 2.25. The van der Waals surface area contributed by atoms with Gasteiger partial charge in [0.25, 0.3) is 5.91 Å². The maximum absolute atomic E-state index is 12.8. The number of para-hydroxylation sites is 1. The third-order valence-corrected chi connectivity index (χ3v) is 6.34. The van der Waals surface area contributed by atoms with Crippen molar-refractivity contribution >= 4 is 35.2 Å². The van der Waals surface area contributed by atoms with Gasteiger partial charge in [0.1, 0.15) is 0 Å². The number of benzene rings is 2. The van der Waals surface area contributed by atoms with Crippen LogP contribution < -0.4 is 10.6 Å². The molecular formula is C25H29N5O4S. The first-order chi connectivity index (χ1) is 16.7. The van der Waals surface area contributed by atoms with Crippen LogP contribution in [0.15, 0.2) is 53.7 Å². The van der Waals surface area contributed by atoms with Crippen LogP contribution in [0.3, 0.4) is 0 Å². The normalized spacial score (nSPS) is 11.7. The summed E-state index contributed by atoms with van der Waals surface area (Å²) in [6.45, 7) is 5.93. The number of ether oxygens (including phenoxy) is 1. The van der Waals surface area contributed by atoms with Gasteiger partial charge in [0, 0.05) is 12.6 Å². The molecule has 2 amide bonds. The van der Waals surface area contributed by atoms with Gasteiger partial charge in [-0.25, -0.2) is 4.79 Å². The fourth-order valence-electron chi connectivity index (χ4n) is 3.46. The Balaban J connectivity index is 1.68. The number of nitrogens with zero attached hydrogens (tertiary/aromatic N) is 3. The van der Waals surface area contributed by atoms with E-state index < -0.39 is 5.97 Å². The monoisotopic (exact) mass is 495 g/mol. The van der Waals surface area contributed by atoms with Crippen molar-refractivity contribution in [3.8, 4) is 0 Å². The highest BCUT2D eigenvalue weighted by molar-refractivity contribution is 7.99. The van der Waals surface area contributed by atoms with Crippen LogP contribution >= 0.6 is 11.8 Å². The lowest BCUT2D eigenvalue weighted by atomic mass is 10.0. The minimum absolute atomic E-state index is 0.0580. The van der Waals surface area contributed by atoms with E-state index in [1.165, 1.54) is 18.9 Å². The molecule has 0 spiro atoms. The van der Waals surface area contributed by atoms with Crippen molar-refractivity contribution in [1.82, 2.24) is 20.1 Å². The average molecular weight is 496 g/mol. The van der Waals surface area contributed by atoms with E-state index in [9.17, 15) is 14.4 Å². The molecule has 184 valence electrons. The van der Waals surface area contributed by atoms with Crippen molar-refractivity contribution in [3.05, 3.63) is 71.0 Å². The molecule has 0 aliphatic rings. The van der Waals surface area contributed by atoms with Crippen LogP contribution in [0.4, 0.5) is 5.69 Å². The van der Waals surface area contributed by atoms with Crippen molar-refractivity contribution in [2.24, 2.45) is 13.0 Å². The number of aromatic nitrogens is 3. The van der Waals surface area contributed by atoms with Crippen LogP contribution in [-0.4, -0.2) is 45.4 Å². The number of aryl methyl sites for hydroxylation is 1. The molecule has 9 nitrogen and oxygen atoms in total. The van der Waals surface area contributed by atoms with Gasteiger partial charge in [-0.1, -0.05) is 55.4 Å². The van der Waals surface area contributed by atoms with Gasteiger partial charge < -0.3 is 19.9 Å². The minimum atomic E-state index is -0.529. The fraction of sp³-hybridized carbons (Fsp3) is 0.320. The van der Waals surface area contributed by atoms with Crippen LogP contribution in [0.2, 0.25) is 0 Å². The van der Waals surface area contributed by atoms with Crippen LogP contribution in [0.25, 0.3) is 0 Å². The lowest BCUT2D eigenvalue weighted by Crippen LogP contribution is -2.33. The summed E-state index contributed by atoms with van der Waals surface area (Å²) in [5.74, 6) is -0.303. The zero-order valence-electron chi connectivity index (χ0n) is 20.4. The Kier molecular flexibility index (Phi) is 8.64. The number of carbonyl (C=O) groups excluding carboxylic acids is 3.